The maximum absolute atomic E-state index is 12.8. The highest BCUT2D eigenvalue weighted by Crippen LogP contribution is 2.26. The van der Waals surface area contributed by atoms with Crippen LogP contribution in [-0.4, -0.2) is 40.7 Å². The molecule has 0 aliphatic carbocycles. The fourth-order valence-electron chi connectivity index (χ4n) is 2.96. The van der Waals surface area contributed by atoms with Gasteiger partial charge in [-0.05, 0) is 29.8 Å². The van der Waals surface area contributed by atoms with Crippen LogP contribution in [0.4, 0.5) is 0 Å². The van der Waals surface area contributed by atoms with Crippen molar-refractivity contribution in [2.45, 2.75) is 29.7 Å². The molecule has 30 heavy (non-hydrogen) atoms. The molecule has 0 fully saturated rings. The summed E-state index contributed by atoms with van der Waals surface area (Å²) in [5.74, 6) is 7.13. The van der Waals surface area contributed by atoms with Gasteiger partial charge < -0.3 is 5.84 Å². The van der Waals surface area contributed by atoms with Gasteiger partial charge >= 0.3 is 0 Å². The van der Waals surface area contributed by atoms with Crippen LogP contribution in [0.3, 0.4) is 0 Å². The van der Waals surface area contributed by atoms with Crippen molar-refractivity contribution in [2.24, 2.45) is 0 Å². The zero-order valence-electron chi connectivity index (χ0n) is 16.7. The molecule has 156 valence electrons. The van der Waals surface area contributed by atoms with Crippen molar-refractivity contribution in [3.63, 3.8) is 0 Å². The Labute approximate surface area is 180 Å². The number of aromatic nitrogens is 3. The van der Waals surface area contributed by atoms with Crippen molar-refractivity contribution in [2.75, 3.05) is 18.9 Å². The third kappa shape index (κ3) is 4.48. The van der Waals surface area contributed by atoms with Gasteiger partial charge in [-0.2, -0.15) is 9.57 Å². The minimum atomic E-state index is -3.59. The van der Waals surface area contributed by atoms with Crippen LogP contribution in [0, 0.1) is 11.3 Å². The van der Waals surface area contributed by atoms with E-state index in [1.54, 1.807) is 44.2 Å². The van der Waals surface area contributed by atoms with Gasteiger partial charge in [0, 0.05) is 24.4 Å². The average molecular weight is 443 g/mol. The Kier molecular flexibility index (Phi) is 6.77. The van der Waals surface area contributed by atoms with E-state index in [9.17, 15) is 8.42 Å². The number of hydrogen-bond acceptors (Lipinski definition) is 7. The maximum atomic E-state index is 12.8. The number of thioether (sulfide) groups is 1. The molecule has 0 unspecified atom stereocenters. The standard InChI is InChI=1S/C20H22N6O2S2/c1-3-25(4-2)30(27,28)18-10-6-9-17(12-18)19-23-24-20(26(19)22)29-14-16-8-5-7-15(11-16)13-21/h5-12H,3-4,14,22H2,1-2H3. The lowest BCUT2D eigenvalue weighted by atomic mass is 10.2. The summed E-state index contributed by atoms with van der Waals surface area (Å²) in [7, 11) is -3.59. The largest absolute Gasteiger partial charge is 0.335 e. The highest BCUT2D eigenvalue weighted by atomic mass is 32.2. The molecule has 0 spiro atoms. The van der Waals surface area contributed by atoms with E-state index in [-0.39, 0.29) is 4.90 Å². The summed E-state index contributed by atoms with van der Waals surface area (Å²) in [4.78, 5) is 0.189. The van der Waals surface area contributed by atoms with Crippen LogP contribution in [0.15, 0.2) is 58.6 Å². The van der Waals surface area contributed by atoms with Crippen molar-refractivity contribution in [3.8, 4) is 17.5 Å². The van der Waals surface area contributed by atoms with Crippen LogP contribution in [-0.2, 0) is 15.8 Å². The van der Waals surface area contributed by atoms with Gasteiger partial charge in [-0.3, -0.25) is 0 Å². The SMILES string of the molecule is CCN(CC)S(=O)(=O)c1cccc(-c2nnc(SCc3cccc(C#N)c3)n2N)c1. The van der Waals surface area contributed by atoms with Gasteiger partial charge in [0.05, 0.1) is 16.5 Å². The van der Waals surface area contributed by atoms with Crippen molar-refractivity contribution >= 4 is 21.8 Å². The molecule has 0 radical (unpaired) electrons. The Bertz CT molecular complexity index is 1180. The average Bonchev–Trinajstić information content (AvgIpc) is 3.13. The molecular weight excluding hydrogens is 420 g/mol. The van der Waals surface area contributed by atoms with Gasteiger partial charge in [0.25, 0.3) is 0 Å². The molecule has 0 aliphatic rings. The minimum absolute atomic E-state index is 0.189. The summed E-state index contributed by atoms with van der Waals surface area (Å²) in [6.07, 6.45) is 0. The molecule has 0 saturated heterocycles. The van der Waals surface area contributed by atoms with Crippen LogP contribution in [0.1, 0.15) is 25.0 Å². The molecule has 3 aromatic rings. The van der Waals surface area contributed by atoms with Crippen LogP contribution in [0.25, 0.3) is 11.4 Å². The summed E-state index contributed by atoms with van der Waals surface area (Å²) in [6, 6.07) is 16.0. The van der Waals surface area contributed by atoms with Crippen LogP contribution >= 0.6 is 11.8 Å². The second-order valence-corrected chi connectivity index (χ2v) is 9.27. The Morgan fingerprint density at radius 2 is 1.87 bits per heavy atom. The van der Waals surface area contributed by atoms with E-state index in [1.807, 2.05) is 18.2 Å². The quantitative estimate of drug-likeness (QED) is 0.421. The van der Waals surface area contributed by atoms with Gasteiger partial charge in [0.2, 0.25) is 15.2 Å². The fraction of sp³-hybridized carbons (Fsp3) is 0.250. The molecule has 0 aliphatic heterocycles. The monoisotopic (exact) mass is 442 g/mol. The topological polar surface area (TPSA) is 118 Å². The first-order valence-corrected chi connectivity index (χ1v) is 11.8. The molecule has 1 heterocycles. The predicted octanol–water partition coefficient (Wildman–Crippen LogP) is 2.85. The third-order valence-electron chi connectivity index (χ3n) is 4.52. The van der Waals surface area contributed by atoms with E-state index in [0.717, 1.165) is 5.56 Å². The first kappa shape index (κ1) is 21.8. The summed E-state index contributed by atoms with van der Waals surface area (Å²) < 4.78 is 28.4. The highest BCUT2D eigenvalue weighted by molar-refractivity contribution is 7.98. The summed E-state index contributed by atoms with van der Waals surface area (Å²) >= 11 is 1.39. The van der Waals surface area contributed by atoms with Gasteiger partial charge in [-0.1, -0.05) is 49.9 Å². The molecular formula is C20H22N6O2S2. The zero-order valence-corrected chi connectivity index (χ0v) is 18.3. The Hall–Kier alpha value is -2.87. The van der Waals surface area contributed by atoms with Crippen molar-refractivity contribution in [1.29, 1.82) is 5.26 Å². The fourth-order valence-corrected chi connectivity index (χ4v) is 5.26. The number of sulfonamides is 1. The molecule has 3 rings (SSSR count). The third-order valence-corrected chi connectivity index (χ3v) is 7.58. The van der Waals surface area contributed by atoms with E-state index in [4.69, 9.17) is 11.1 Å². The molecule has 10 heteroatoms. The summed E-state index contributed by atoms with van der Waals surface area (Å²) in [5.41, 5.74) is 2.13. The van der Waals surface area contributed by atoms with Crippen LogP contribution < -0.4 is 5.84 Å². The number of nitrogens with zero attached hydrogens (tertiary/aromatic N) is 5. The molecule has 0 saturated carbocycles. The number of hydrogen-bond donors (Lipinski definition) is 1. The lowest BCUT2D eigenvalue weighted by Gasteiger charge is -2.18. The molecule has 0 bridgehead atoms. The van der Waals surface area contributed by atoms with E-state index in [2.05, 4.69) is 16.3 Å². The Morgan fingerprint density at radius 1 is 1.13 bits per heavy atom. The van der Waals surface area contributed by atoms with Crippen LogP contribution in [0.2, 0.25) is 0 Å². The van der Waals surface area contributed by atoms with Gasteiger partial charge in [0.1, 0.15) is 0 Å². The van der Waals surface area contributed by atoms with Gasteiger partial charge in [-0.25, -0.2) is 13.1 Å². The van der Waals surface area contributed by atoms with Crippen molar-refractivity contribution in [1.82, 2.24) is 19.2 Å². The van der Waals surface area contributed by atoms with Gasteiger partial charge in [-0.15, -0.1) is 10.2 Å². The Balaban J connectivity index is 1.84. The first-order chi connectivity index (χ1) is 14.4. The van der Waals surface area contributed by atoms with Crippen LogP contribution in [0.5, 0.6) is 0 Å². The molecule has 2 aromatic carbocycles. The predicted molar refractivity (Wildman–Crippen MR) is 116 cm³/mol. The number of nitrogen functional groups attached to an aromatic ring is 1. The smallest absolute Gasteiger partial charge is 0.243 e. The second kappa shape index (κ2) is 9.30. The molecule has 8 nitrogen and oxygen atoms in total. The molecule has 2 N–H and O–H groups in total. The maximum Gasteiger partial charge on any atom is 0.243 e. The lowest BCUT2D eigenvalue weighted by molar-refractivity contribution is 0.445. The van der Waals surface area contributed by atoms with Gasteiger partial charge in [0.15, 0.2) is 5.82 Å². The second-order valence-electron chi connectivity index (χ2n) is 6.39. The molecule has 0 amide bonds. The summed E-state index contributed by atoms with van der Waals surface area (Å²) in [6.45, 7) is 4.39. The van der Waals surface area contributed by atoms with E-state index >= 15 is 0 Å². The zero-order chi connectivity index (χ0) is 21.7. The number of nitrogens with two attached hydrogens (primary N) is 1. The minimum Gasteiger partial charge on any atom is -0.335 e. The van der Waals surface area contributed by atoms with Crippen molar-refractivity contribution < 1.29 is 8.42 Å². The number of nitriles is 1. The van der Waals surface area contributed by atoms with E-state index in [0.29, 0.717) is 41.0 Å². The van der Waals surface area contributed by atoms with E-state index < -0.39 is 10.0 Å². The molecule has 1 aromatic heterocycles. The highest BCUT2D eigenvalue weighted by Gasteiger charge is 2.23. The van der Waals surface area contributed by atoms with E-state index in [1.165, 1.54) is 20.7 Å². The number of rotatable bonds is 8. The Morgan fingerprint density at radius 3 is 2.57 bits per heavy atom. The molecule has 0 atom stereocenters. The number of benzene rings is 2. The summed E-state index contributed by atoms with van der Waals surface area (Å²) in [5, 5.41) is 17.8. The first-order valence-electron chi connectivity index (χ1n) is 9.33. The van der Waals surface area contributed by atoms with Crippen molar-refractivity contribution in [3.05, 3.63) is 59.7 Å². The lowest BCUT2D eigenvalue weighted by Crippen LogP contribution is -2.30. The normalized spacial score (nSPS) is 11.5.